The first-order valence-corrected chi connectivity index (χ1v) is 6.07. The van der Waals surface area contributed by atoms with Gasteiger partial charge in [0.05, 0.1) is 12.2 Å². The lowest BCUT2D eigenvalue weighted by Gasteiger charge is -2.22. The maximum absolute atomic E-state index is 5.77. The Balaban J connectivity index is 2.43. The van der Waals surface area contributed by atoms with Crippen molar-refractivity contribution in [3.8, 4) is 0 Å². The first-order chi connectivity index (χ1) is 6.03. The topological polar surface area (TPSA) is 9.23 Å². The SMILES string of the molecule is CCC(C)(C)OCc1cc(Br)cs1. The van der Waals surface area contributed by atoms with Crippen molar-refractivity contribution in [2.75, 3.05) is 0 Å². The molecule has 0 N–H and O–H groups in total. The van der Waals surface area contributed by atoms with Crippen molar-refractivity contribution < 1.29 is 4.74 Å². The van der Waals surface area contributed by atoms with Crippen LogP contribution in [0.2, 0.25) is 0 Å². The van der Waals surface area contributed by atoms with Gasteiger partial charge in [-0.25, -0.2) is 0 Å². The summed E-state index contributed by atoms with van der Waals surface area (Å²) in [7, 11) is 0. The molecule has 0 radical (unpaired) electrons. The Bertz CT molecular complexity index is 268. The summed E-state index contributed by atoms with van der Waals surface area (Å²) in [6, 6.07) is 2.11. The molecule has 1 aromatic rings. The lowest BCUT2D eigenvalue weighted by Crippen LogP contribution is -2.22. The molecule has 0 amide bonds. The van der Waals surface area contributed by atoms with Gasteiger partial charge in [0, 0.05) is 14.7 Å². The molecule has 0 spiro atoms. The van der Waals surface area contributed by atoms with Crippen LogP contribution < -0.4 is 0 Å². The van der Waals surface area contributed by atoms with E-state index in [-0.39, 0.29) is 5.60 Å². The summed E-state index contributed by atoms with van der Waals surface area (Å²) < 4.78 is 6.91. The molecule has 0 aliphatic heterocycles. The van der Waals surface area contributed by atoms with Crippen LogP contribution in [0.25, 0.3) is 0 Å². The summed E-state index contributed by atoms with van der Waals surface area (Å²) in [5.74, 6) is 0. The summed E-state index contributed by atoms with van der Waals surface area (Å²) in [4.78, 5) is 1.27. The van der Waals surface area contributed by atoms with E-state index >= 15 is 0 Å². The molecular formula is C10H15BrOS. The largest absolute Gasteiger partial charge is 0.370 e. The van der Waals surface area contributed by atoms with Gasteiger partial charge in [0.25, 0.3) is 0 Å². The predicted molar refractivity (Wildman–Crippen MR) is 61.2 cm³/mol. The Kier molecular flexibility index (Phi) is 3.95. The van der Waals surface area contributed by atoms with E-state index in [1.54, 1.807) is 11.3 Å². The molecule has 1 heterocycles. The molecule has 0 fully saturated rings. The van der Waals surface area contributed by atoms with Gasteiger partial charge in [0.15, 0.2) is 0 Å². The van der Waals surface area contributed by atoms with Gasteiger partial charge in [-0.1, -0.05) is 6.92 Å². The van der Waals surface area contributed by atoms with Gasteiger partial charge >= 0.3 is 0 Å². The number of rotatable bonds is 4. The van der Waals surface area contributed by atoms with Crippen LogP contribution in [0.15, 0.2) is 15.9 Å². The fraction of sp³-hybridized carbons (Fsp3) is 0.600. The highest BCUT2D eigenvalue weighted by Crippen LogP contribution is 2.23. The Morgan fingerprint density at radius 2 is 2.23 bits per heavy atom. The summed E-state index contributed by atoms with van der Waals surface area (Å²) in [6.07, 6.45) is 1.04. The number of halogens is 1. The number of thiophene rings is 1. The second-order valence-corrected chi connectivity index (χ2v) is 5.54. The van der Waals surface area contributed by atoms with Crippen molar-refractivity contribution in [3.63, 3.8) is 0 Å². The second-order valence-electron chi connectivity index (χ2n) is 3.63. The molecule has 1 nitrogen and oxygen atoms in total. The molecule has 74 valence electrons. The zero-order chi connectivity index (χ0) is 9.90. The van der Waals surface area contributed by atoms with Crippen molar-refractivity contribution in [1.29, 1.82) is 0 Å². The first-order valence-electron chi connectivity index (χ1n) is 4.40. The predicted octanol–water partition coefficient (Wildman–Crippen LogP) is 4.22. The highest BCUT2D eigenvalue weighted by Gasteiger charge is 2.15. The van der Waals surface area contributed by atoms with E-state index in [1.807, 2.05) is 0 Å². The third-order valence-corrected chi connectivity index (χ3v) is 3.75. The third-order valence-electron chi connectivity index (χ3n) is 2.08. The van der Waals surface area contributed by atoms with Crippen LogP contribution in [0.5, 0.6) is 0 Å². The van der Waals surface area contributed by atoms with E-state index in [1.165, 1.54) is 4.88 Å². The highest BCUT2D eigenvalue weighted by atomic mass is 79.9. The third kappa shape index (κ3) is 3.79. The molecular weight excluding hydrogens is 248 g/mol. The van der Waals surface area contributed by atoms with Gasteiger partial charge in [-0.2, -0.15) is 0 Å². The Labute approximate surface area is 92.2 Å². The molecule has 0 saturated carbocycles. The fourth-order valence-corrected chi connectivity index (χ4v) is 2.16. The van der Waals surface area contributed by atoms with Crippen molar-refractivity contribution in [3.05, 3.63) is 20.8 Å². The van der Waals surface area contributed by atoms with Crippen LogP contribution in [0.4, 0.5) is 0 Å². The van der Waals surface area contributed by atoms with E-state index in [4.69, 9.17) is 4.74 Å². The highest BCUT2D eigenvalue weighted by molar-refractivity contribution is 9.10. The minimum absolute atomic E-state index is 0.00351. The molecule has 0 atom stereocenters. The van der Waals surface area contributed by atoms with E-state index in [2.05, 4.69) is 48.1 Å². The Morgan fingerprint density at radius 3 is 2.69 bits per heavy atom. The molecule has 0 bridgehead atoms. The zero-order valence-electron chi connectivity index (χ0n) is 8.26. The van der Waals surface area contributed by atoms with E-state index in [0.29, 0.717) is 0 Å². The van der Waals surface area contributed by atoms with Crippen LogP contribution in [0.3, 0.4) is 0 Å². The summed E-state index contributed by atoms with van der Waals surface area (Å²) in [6.45, 7) is 7.10. The maximum Gasteiger partial charge on any atom is 0.0817 e. The zero-order valence-corrected chi connectivity index (χ0v) is 10.7. The van der Waals surface area contributed by atoms with Crippen LogP contribution in [0.1, 0.15) is 32.1 Å². The summed E-state index contributed by atoms with van der Waals surface area (Å²) in [5.41, 5.74) is -0.00351. The Hall–Kier alpha value is 0.140. The van der Waals surface area contributed by atoms with Gasteiger partial charge < -0.3 is 4.74 Å². The van der Waals surface area contributed by atoms with Crippen LogP contribution in [0, 0.1) is 0 Å². The monoisotopic (exact) mass is 262 g/mol. The number of ether oxygens (including phenoxy) is 1. The average Bonchev–Trinajstić information content (AvgIpc) is 2.48. The second kappa shape index (κ2) is 4.58. The van der Waals surface area contributed by atoms with Gasteiger partial charge in [-0.3, -0.25) is 0 Å². The van der Waals surface area contributed by atoms with Gasteiger partial charge in [-0.05, 0) is 42.3 Å². The lowest BCUT2D eigenvalue weighted by molar-refractivity contribution is -0.0304. The van der Waals surface area contributed by atoms with Gasteiger partial charge in [-0.15, -0.1) is 11.3 Å². The summed E-state index contributed by atoms with van der Waals surface area (Å²) >= 11 is 5.15. The minimum Gasteiger partial charge on any atom is -0.370 e. The molecule has 0 aliphatic carbocycles. The number of hydrogen-bond acceptors (Lipinski definition) is 2. The lowest BCUT2D eigenvalue weighted by atomic mass is 10.1. The summed E-state index contributed by atoms with van der Waals surface area (Å²) in [5, 5.41) is 2.08. The van der Waals surface area contributed by atoms with Gasteiger partial charge in [0.1, 0.15) is 0 Å². The smallest absolute Gasteiger partial charge is 0.0817 e. The molecule has 0 aliphatic rings. The van der Waals surface area contributed by atoms with E-state index in [0.717, 1.165) is 17.5 Å². The molecule has 1 rings (SSSR count). The van der Waals surface area contributed by atoms with Crippen molar-refractivity contribution in [2.45, 2.75) is 39.4 Å². The Morgan fingerprint density at radius 1 is 1.54 bits per heavy atom. The molecule has 0 unspecified atom stereocenters. The maximum atomic E-state index is 5.77. The molecule has 0 aromatic carbocycles. The fourth-order valence-electron chi connectivity index (χ4n) is 0.798. The normalized spacial score (nSPS) is 12.0. The number of hydrogen-bond donors (Lipinski definition) is 0. The standard InChI is InChI=1S/C10H15BrOS/c1-4-10(2,3)12-6-9-5-8(11)7-13-9/h5,7H,4,6H2,1-3H3. The van der Waals surface area contributed by atoms with Crippen LogP contribution >= 0.6 is 27.3 Å². The molecule has 13 heavy (non-hydrogen) atoms. The van der Waals surface area contributed by atoms with E-state index < -0.39 is 0 Å². The molecule has 1 aromatic heterocycles. The van der Waals surface area contributed by atoms with Crippen molar-refractivity contribution in [1.82, 2.24) is 0 Å². The first kappa shape index (κ1) is 11.2. The van der Waals surface area contributed by atoms with Crippen LogP contribution in [-0.4, -0.2) is 5.60 Å². The van der Waals surface area contributed by atoms with Crippen molar-refractivity contribution >= 4 is 27.3 Å². The molecule has 0 saturated heterocycles. The van der Waals surface area contributed by atoms with Crippen molar-refractivity contribution in [2.24, 2.45) is 0 Å². The van der Waals surface area contributed by atoms with Crippen LogP contribution in [-0.2, 0) is 11.3 Å². The average molecular weight is 263 g/mol. The molecule has 3 heteroatoms. The minimum atomic E-state index is -0.00351. The quantitative estimate of drug-likeness (QED) is 0.790. The van der Waals surface area contributed by atoms with E-state index in [9.17, 15) is 0 Å². The van der Waals surface area contributed by atoms with Gasteiger partial charge in [0.2, 0.25) is 0 Å².